The highest BCUT2D eigenvalue weighted by Crippen LogP contribution is 2.20. The summed E-state index contributed by atoms with van der Waals surface area (Å²) in [6.07, 6.45) is 0.391. The minimum Gasteiger partial charge on any atom is -0.479 e. The van der Waals surface area contributed by atoms with E-state index in [2.05, 4.69) is 0 Å². The Balaban J connectivity index is 2.99. The minimum atomic E-state index is -1.64. The van der Waals surface area contributed by atoms with Crippen molar-refractivity contribution in [3.63, 3.8) is 0 Å². The molecule has 92 valence electrons. The summed E-state index contributed by atoms with van der Waals surface area (Å²) in [6.45, 7) is 1.98. The molecule has 0 saturated carbocycles. The predicted octanol–water partition coefficient (Wildman–Crippen LogP) is 2.18. The van der Waals surface area contributed by atoms with Crippen LogP contribution in [-0.4, -0.2) is 22.0 Å². The van der Waals surface area contributed by atoms with Crippen LogP contribution in [-0.2, 0) is 4.79 Å². The molecular weight excluding hydrogens is 220 g/mol. The number of benzene rings is 1. The number of aliphatic carboxylic acids is 1. The van der Waals surface area contributed by atoms with Crippen LogP contribution in [0.1, 0.15) is 48.2 Å². The molecule has 4 heteroatoms. The van der Waals surface area contributed by atoms with Gasteiger partial charge in [-0.3, -0.25) is 4.79 Å². The van der Waals surface area contributed by atoms with Crippen LogP contribution in [0.15, 0.2) is 24.3 Å². The fourth-order valence-corrected chi connectivity index (χ4v) is 1.59. The fourth-order valence-electron chi connectivity index (χ4n) is 1.59. The lowest BCUT2D eigenvalue weighted by atomic mass is 9.96. The van der Waals surface area contributed by atoms with E-state index < -0.39 is 12.1 Å². The monoisotopic (exact) mass is 236 g/mol. The predicted molar refractivity (Wildman–Crippen MR) is 62.9 cm³/mol. The highest BCUT2D eigenvalue weighted by atomic mass is 16.4. The van der Waals surface area contributed by atoms with Crippen molar-refractivity contribution in [3.05, 3.63) is 35.4 Å². The molecule has 2 N–H and O–H groups in total. The van der Waals surface area contributed by atoms with Crippen LogP contribution in [0.2, 0.25) is 0 Å². The molecule has 0 saturated heterocycles. The number of carbonyl (C=O) groups excluding carboxylic acids is 1. The number of hydrogen-bond donors (Lipinski definition) is 2. The lowest BCUT2D eigenvalue weighted by molar-refractivity contribution is -0.146. The maximum atomic E-state index is 11.8. The van der Waals surface area contributed by atoms with Gasteiger partial charge in [-0.2, -0.15) is 0 Å². The summed E-state index contributed by atoms with van der Waals surface area (Å²) in [7, 11) is 0. The lowest BCUT2D eigenvalue weighted by Crippen LogP contribution is -2.15. The number of carboxylic acid groups (broad SMARTS) is 1. The van der Waals surface area contributed by atoms with E-state index >= 15 is 0 Å². The Morgan fingerprint density at radius 1 is 1.29 bits per heavy atom. The molecule has 1 rings (SSSR count). The summed E-state index contributed by atoms with van der Waals surface area (Å²) in [5.74, 6) is -1.47. The first-order valence-corrected chi connectivity index (χ1v) is 5.61. The van der Waals surface area contributed by atoms with Crippen LogP contribution in [0.5, 0.6) is 0 Å². The van der Waals surface area contributed by atoms with Gasteiger partial charge in [0.25, 0.3) is 0 Å². The molecule has 0 heterocycles. The Morgan fingerprint density at radius 2 is 1.94 bits per heavy atom. The normalized spacial score (nSPS) is 12.1. The third-order valence-electron chi connectivity index (χ3n) is 2.55. The highest BCUT2D eigenvalue weighted by molar-refractivity contribution is 5.98. The Hall–Kier alpha value is -1.68. The molecule has 0 bridgehead atoms. The van der Waals surface area contributed by atoms with Crippen molar-refractivity contribution in [2.45, 2.75) is 32.3 Å². The Labute approximate surface area is 99.9 Å². The highest BCUT2D eigenvalue weighted by Gasteiger charge is 2.21. The smallest absolute Gasteiger partial charge is 0.337 e. The maximum Gasteiger partial charge on any atom is 0.337 e. The van der Waals surface area contributed by atoms with Crippen LogP contribution >= 0.6 is 0 Å². The largest absolute Gasteiger partial charge is 0.479 e. The zero-order valence-electron chi connectivity index (χ0n) is 9.72. The quantitative estimate of drug-likeness (QED) is 0.742. The fraction of sp³-hybridized carbons (Fsp3) is 0.385. The third kappa shape index (κ3) is 3.39. The molecule has 1 aromatic rings. The molecule has 17 heavy (non-hydrogen) atoms. The van der Waals surface area contributed by atoms with Crippen LogP contribution < -0.4 is 0 Å². The molecule has 0 aliphatic heterocycles. The summed E-state index contributed by atoms with van der Waals surface area (Å²) in [6, 6.07) is 6.30. The van der Waals surface area contributed by atoms with E-state index in [1.165, 1.54) is 6.07 Å². The van der Waals surface area contributed by atoms with Gasteiger partial charge < -0.3 is 10.2 Å². The van der Waals surface area contributed by atoms with Crippen molar-refractivity contribution < 1.29 is 19.8 Å². The molecule has 0 aromatic heterocycles. The van der Waals surface area contributed by atoms with Crippen molar-refractivity contribution in [2.75, 3.05) is 0 Å². The van der Waals surface area contributed by atoms with Gasteiger partial charge in [-0.25, -0.2) is 4.79 Å². The summed E-state index contributed by atoms with van der Waals surface area (Å²) in [5.41, 5.74) is 0.469. The standard InChI is InChI=1S/C13H16O4/c1-2-3-8-11(14)9-6-4-5-7-10(9)12(15)13(16)17/h4-7,12,15H,2-3,8H2,1H3,(H,16,17). The average molecular weight is 236 g/mol. The number of rotatable bonds is 6. The van der Waals surface area contributed by atoms with E-state index in [4.69, 9.17) is 5.11 Å². The number of aliphatic hydroxyl groups is 1. The average Bonchev–Trinajstić information content (AvgIpc) is 2.34. The topological polar surface area (TPSA) is 74.6 Å². The first-order chi connectivity index (χ1) is 8.07. The van der Waals surface area contributed by atoms with E-state index in [1.54, 1.807) is 18.2 Å². The van der Waals surface area contributed by atoms with Gasteiger partial charge in [0.1, 0.15) is 0 Å². The summed E-state index contributed by atoms with van der Waals surface area (Å²) < 4.78 is 0. The molecule has 0 aliphatic rings. The number of Topliss-reactive ketones (excluding diaryl/α,β-unsaturated/α-hetero) is 1. The van der Waals surface area contributed by atoms with Crippen molar-refractivity contribution >= 4 is 11.8 Å². The SMILES string of the molecule is CCCCC(=O)c1ccccc1C(O)C(=O)O. The molecule has 0 amide bonds. The minimum absolute atomic E-state index is 0.122. The van der Waals surface area contributed by atoms with Gasteiger partial charge >= 0.3 is 5.97 Å². The van der Waals surface area contributed by atoms with Gasteiger partial charge in [0.05, 0.1) is 0 Å². The van der Waals surface area contributed by atoms with E-state index in [-0.39, 0.29) is 11.3 Å². The van der Waals surface area contributed by atoms with E-state index in [1.807, 2.05) is 6.92 Å². The molecule has 0 spiro atoms. The van der Waals surface area contributed by atoms with Crippen LogP contribution in [0.4, 0.5) is 0 Å². The number of unbranched alkanes of at least 4 members (excludes halogenated alkanes) is 1. The van der Waals surface area contributed by atoms with Gasteiger partial charge in [-0.15, -0.1) is 0 Å². The van der Waals surface area contributed by atoms with Crippen molar-refractivity contribution in [1.82, 2.24) is 0 Å². The van der Waals surface area contributed by atoms with Crippen molar-refractivity contribution in [1.29, 1.82) is 0 Å². The number of carboxylic acids is 1. The summed E-state index contributed by atoms with van der Waals surface area (Å²) >= 11 is 0. The zero-order valence-corrected chi connectivity index (χ0v) is 9.72. The van der Waals surface area contributed by atoms with E-state index in [9.17, 15) is 14.7 Å². The van der Waals surface area contributed by atoms with Gasteiger partial charge in [0.15, 0.2) is 11.9 Å². The number of aliphatic hydroxyl groups excluding tert-OH is 1. The maximum absolute atomic E-state index is 11.8. The van der Waals surface area contributed by atoms with Gasteiger partial charge in [0, 0.05) is 17.5 Å². The van der Waals surface area contributed by atoms with Gasteiger partial charge in [0.2, 0.25) is 0 Å². The van der Waals surface area contributed by atoms with E-state index in [0.717, 1.165) is 12.8 Å². The van der Waals surface area contributed by atoms with Crippen molar-refractivity contribution in [3.8, 4) is 0 Å². The Bertz CT molecular complexity index is 412. The third-order valence-corrected chi connectivity index (χ3v) is 2.55. The summed E-state index contributed by atoms with van der Waals surface area (Å²) in [5, 5.41) is 18.3. The molecule has 1 unspecified atom stereocenters. The van der Waals surface area contributed by atoms with Gasteiger partial charge in [-0.05, 0) is 6.42 Å². The first-order valence-electron chi connectivity index (χ1n) is 5.61. The second-order valence-electron chi connectivity index (χ2n) is 3.85. The van der Waals surface area contributed by atoms with Gasteiger partial charge in [-0.1, -0.05) is 37.6 Å². The number of carbonyl (C=O) groups is 2. The second kappa shape index (κ2) is 6.15. The Kier molecular flexibility index (Phi) is 4.84. The molecule has 1 atom stereocenters. The molecule has 1 aromatic carbocycles. The Morgan fingerprint density at radius 3 is 2.53 bits per heavy atom. The summed E-state index contributed by atoms with van der Waals surface area (Å²) in [4.78, 5) is 22.6. The van der Waals surface area contributed by atoms with E-state index in [0.29, 0.717) is 12.0 Å². The molecule has 4 nitrogen and oxygen atoms in total. The van der Waals surface area contributed by atoms with Crippen LogP contribution in [0, 0.1) is 0 Å². The van der Waals surface area contributed by atoms with Crippen molar-refractivity contribution in [2.24, 2.45) is 0 Å². The molecule has 0 radical (unpaired) electrons. The number of hydrogen-bond acceptors (Lipinski definition) is 3. The molecule has 0 aliphatic carbocycles. The van der Waals surface area contributed by atoms with Crippen LogP contribution in [0.25, 0.3) is 0 Å². The number of ketones is 1. The molecular formula is C13H16O4. The lowest BCUT2D eigenvalue weighted by Gasteiger charge is -2.11. The second-order valence-corrected chi connectivity index (χ2v) is 3.85. The van der Waals surface area contributed by atoms with Crippen LogP contribution in [0.3, 0.4) is 0 Å². The first kappa shape index (κ1) is 13.4. The molecule has 0 fully saturated rings. The zero-order chi connectivity index (χ0) is 12.8.